The monoisotopic (exact) mass is 392 g/mol. The molecule has 21 heavy (non-hydrogen) atoms. The van der Waals surface area contributed by atoms with Crippen molar-refractivity contribution in [3.05, 3.63) is 38.7 Å². The van der Waals surface area contributed by atoms with Gasteiger partial charge in [0.2, 0.25) is 5.09 Å². The fourth-order valence-corrected chi connectivity index (χ4v) is 4.13. The van der Waals surface area contributed by atoms with Crippen molar-refractivity contribution in [2.45, 2.75) is 31.5 Å². The number of halogens is 1. The smallest absolute Gasteiger partial charge is 0.274 e. The molecule has 0 spiro atoms. The van der Waals surface area contributed by atoms with E-state index in [1.54, 1.807) is 6.07 Å². The van der Waals surface area contributed by atoms with Crippen LogP contribution in [-0.4, -0.2) is 15.0 Å². The van der Waals surface area contributed by atoms with Gasteiger partial charge in [0.05, 0.1) is 6.54 Å². The van der Waals surface area contributed by atoms with E-state index >= 15 is 0 Å². The molecule has 0 aromatic carbocycles. The third kappa shape index (κ3) is 4.65. The van der Waals surface area contributed by atoms with Gasteiger partial charge >= 0.3 is 0 Å². The number of rotatable bonds is 8. The molecule has 2 aromatic heterocycles. The van der Waals surface area contributed by atoms with Gasteiger partial charge in [0.15, 0.2) is 0 Å². The predicted octanol–water partition coefficient (Wildman–Crippen LogP) is 3.08. The molecule has 2 rings (SSSR count). The zero-order chi connectivity index (χ0) is 15.3. The number of hydrogen-bond donors (Lipinski definition) is 2. The first kappa shape index (κ1) is 16.7. The zero-order valence-electron chi connectivity index (χ0n) is 11.6. The molecule has 0 aliphatic rings. The Balaban J connectivity index is 1.97. The molecule has 0 saturated carbocycles. The molecular formula is C13H17BrN2O3S2. The first-order valence-electron chi connectivity index (χ1n) is 6.54. The summed E-state index contributed by atoms with van der Waals surface area (Å²) in [5.74, 6) is 0.612. The van der Waals surface area contributed by atoms with E-state index in [9.17, 15) is 8.42 Å². The van der Waals surface area contributed by atoms with Crippen LogP contribution in [0.4, 0.5) is 0 Å². The molecule has 0 radical (unpaired) electrons. The van der Waals surface area contributed by atoms with Gasteiger partial charge in [0.1, 0.15) is 5.76 Å². The van der Waals surface area contributed by atoms with Crippen molar-refractivity contribution in [3.8, 4) is 0 Å². The van der Waals surface area contributed by atoms with E-state index in [1.165, 1.54) is 17.4 Å². The lowest BCUT2D eigenvalue weighted by Crippen LogP contribution is -2.22. The molecule has 0 fully saturated rings. The molecule has 2 heterocycles. The second kappa shape index (κ2) is 7.55. The van der Waals surface area contributed by atoms with Gasteiger partial charge in [0, 0.05) is 15.9 Å². The van der Waals surface area contributed by atoms with Gasteiger partial charge in [-0.3, -0.25) is 0 Å². The zero-order valence-corrected chi connectivity index (χ0v) is 14.8. The van der Waals surface area contributed by atoms with E-state index in [0.717, 1.165) is 22.3 Å². The van der Waals surface area contributed by atoms with Crippen LogP contribution in [0.3, 0.4) is 0 Å². The number of thiophene rings is 1. The molecule has 0 aliphatic carbocycles. The van der Waals surface area contributed by atoms with E-state index in [1.807, 2.05) is 11.4 Å². The van der Waals surface area contributed by atoms with Gasteiger partial charge in [0.25, 0.3) is 10.0 Å². The fourth-order valence-electron chi connectivity index (χ4n) is 1.67. The number of sulfonamides is 1. The average Bonchev–Trinajstić information content (AvgIpc) is 3.06. The average molecular weight is 393 g/mol. The molecule has 0 saturated heterocycles. The third-order valence-electron chi connectivity index (χ3n) is 2.74. The van der Waals surface area contributed by atoms with Crippen molar-refractivity contribution in [1.82, 2.24) is 10.0 Å². The predicted molar refractivity (Wildman–Crippen MR) is 86.8 cm³/mol. The molecule has 0 aliphatic heterocycles. The van der Waals surface area contributed by atoms with E-state index in [0.29, 0.717) is 12.3 Å². The van der Waals surface area contributed by atoms with Gasteiger partial charge in [-0.25, -0.2) is 13.1 Å². The summed E-state index contributed by atoms with van der Waals surface area (Å²) in [5, 5.41) is 5.01. The summed E-state index contributed by atoms with van der Waals surface area (Å²) >= 11 is 4.86. The second-order valence-electron chi connectivity index (χ2n) is 4.41. The van der Waals surface area contributed by atoms with Crippen LogP contribution in [0.1, 0.15) is 24.0 Å². The summed E-state index contributed by atoms with van der Waals surface area (Å²) in [4.78, 5) is 0.926. The molecule has 5 nitrogen and oxygen atoms in total. The van der Waals surface area contributed by atoms with Gasteiger partial charge in [-0.15, -0.1) is 11.3 Å². The van der Waals surface area contributed by atoms with Crippen LogP contribution in [0.25, 0.3) is 0 Å². The molecule has 116 valence electrons. The molecule has 0 unspecified atom stereocenters. The fraction of sp³-hybridized carbons (Fsp3) is 0.385. The first-order chi connectivity index (χ1) is 10.0. The Hall–Kier alpha value is -0.670. The minimum absolute atomic E-state index is 0.0523. The van der Waals surface area contributed by atoms with Crippen molar-refractivity contribution in [1.29, 1.82) is 0 Å². The van der Waals surface area contributed by atoms with Crippen LogP contribution in [0, 0.1) is 0 Å². The Kier molecular flexibility index (Phi) is 6.00. The van der Waals surface area contributed by atoms with Crippen LogP contribution < -0.4 is 10.0 Å². The summed E-state index contributed by atoms with van der Waals surface area (Å²) in [6.07, 6.45) is 1.02. The van der Waals surface area contributed by atoms with Crippen molar-refractivity contribution >= 4 is 37.3 Å². The summed E-state index contributed by atoms with van der Waals surface area (Å²) in [5.41, 5.74) is 0. The molecule has 2 aromatic rings. The number of furan rings is 1. The maximum absolute atomic E-state index is 12.1. The van der Waals surface area contributed by atoms with Crippen LogP contribution in [0.2, 0.25) is 0 Å². The highest BCUT2D eigenvalue weighted by Gasteiger charge is 2.19. The normalized spacial score (nSPS) is 11.9. The first-order valence-corrected chi connectivity index (χ1v) is 9.69. The van der Waals surface area contributed by atoms with Crippen molar-refractivity contribution in [2.24, 2.45) is 0 Å². The third-order valence-corrected chi connectivity index (χ3v) is 5.94. The minimum atomic E-state index is -3.62. The van der Waals surface area contributed by atoms with Crippen LogP contribution in [0.5, 0.6) is 0 Å². The Morgan fingerprint density at radius 3 is 2.76 bits per heavy atom. The van der Waals surface area contributed by atoms with E-state index < -0.39 is 10.0 Å². The standard InChI is InChI=1S/C13H17BrN2O3S2/c1-2-6-15-8-10-3-4-13(19-10)21(17,18)16-9-12-11(14)5-7-20-12/h3-5,7,15-16H,2,6,8-9H2,1H3. The minimum Gasteiger partial charge on any atom is -0.447 e. The Bertz CT molecular complexity index is 679. The number of hydrogen-bond acceptors (Lipinski definition) is 5. The Morgan fingerprint density at radius 2 is 2.10 bits per heavy atom. The van der Waals surface area contributed by atoms with Gasteiger partial charge in [-0.1, -0.05) is 6.92 Å². The quantitative estimate of drug-likeness (QED) is 0.677. The molecule has 0 bridgehead atoms. The SMILES string of the molecule is CCCNCc1ccc(S(=O)(=O)NCc2sccc2Br)o1. The van der Waals surface area contributed by atoms with Gasteiger partial charge in [-0.2, -0.15) is 0 Å². The lowest BCUT2D eigenvalue weighted by molar-refractivity contribution is 0.400. The molecular weight excluding hydrogens is 376 g/mol. The molecule has 0 amide bonds. The molecule has 8 heteroatoms. The van der Waals surface area contributed by atoms with Crippen molar-refractivity contribution < 1.29 is 12.8 Å². The Labute approximate surface area is 136 Å². The highest BCUT2D eigenvalue weighted by atomic mass is 79.9. The Morgan fingerprint density at radius 1 is 1.29 bits per heavy atom. The summed E-state index contributed by atoms with van der Waals surface area (Å²) in [6, 6.07) is 5.05. The largest absolute Gasteiger partial charge is 0.447 e. The second-order valence-corrected chi connectivity index (χ2v) is 7.97. The van der Waals surface area contributed by atoms with Gasteiger partial charge in [-0.05, 0) is 52.5 Å². The van der Waals surface area contributed by atoms with Crippen LogP contribution in [-0.2, 0) is 23.1 Å². The highest BCUT2D eigenvalue weighted by Crippen LogP contribution is 2.23. The van der Waals surface area contributed by atoms with Crippen LogP contribution >= 0.6 is 27.3 Å². The van der Waals surface area contributed by atoms with Crippen molar-refractivity contribution in [3.63, 3.8) is 0 Å². The summed E-state index contributed by atoms with van der Waals surface area (Å²) < 4.78 is 33.1. The maximum atomic E-state index is 12.1. The highest BCUT2D eigenvalue weighted by molar-refractivity contribution is 9.10. The summed E-state index contributed by atoms with van der Waals surface area (Å²) in [6.45, 7) is 3.70. The lowest BCUT2D eigenvalue weighted by atomic mass is 10.4. The van der Waals surface area contributed by atoms with E-state index in [2.05, 4.69) is 32.9 Å². The van der Waals surface area contributed by atoms with Gasteiger partial charge < -0.3 is 9.73 Å². The lowest BCUT2D eigenvalue weighted by Gasteiger charge is -2.03. The van der Waals surface area contributed by atoms with Crippen LogP contribution in [0.15, 0.2) is 37.6 Å². The van der Waals surface area contributed by atoms with E-state index in [-0.39, 0.29) is 11.6 Å². The van der Waals surface area contributed by atoms with E-state index in [4.69, 9.17) is 4.42 Å². The molecule has 0 atom stereocenters. The topological polar surface area (TPSA) is 71.3 Å². The maximum Gasteiger partial charge on any atom is 0.274 e. The molecule has 2 N–H and O–H groups in total. The van der Waals surface area contributed by atoms with Crippen molar-refractivity contribution in [2.75, 3.05) is 6.54 Å². The number of nitrogens with one attached hydrogen (secondary N) is 2. The summed E-state index contributed by atoms with van der Waals surface area (Å²) in [7, 11) is -3.62.